The van der Waals surface area contributed by atoms with Crippen LogP contribution in [0.3, 0.4) is 0 Å². The second kappa shape index (κ2) is 9.26. The predicted molar refractivity (Wildman–Crippen MR) is 51.5 cm³/mol. The number of esters is 1. The molecule has 0 aromatic heterocycles. The Kier molecular flexibility index (Phi) is 8.67. The first-order valence-electron chi connectivity index (χ1n) is 4.68. The van der Waals surface area contributed by atoms with Gasteiger partial charge in [-0.15, -0.1) is 0 Å². The number of hydrogen-bond donors (Lipinski definition) is 0. The van der Waals surface area contributed by atoms with Crippen molar-refractivity contribution in [3.63, 3.8) is 0 Å². The molecule has 0 rings (SSSR count). The van der Waals surface area contributed by atoms with Crippen LogP contribution in [0.5, 0.6) is 0 Å². The third kappa shape index (κ3) is 9.08. The zero-order valence-electron chi connectivity index (χ0n) is 8.25. The van der Waals surface area contributed by atoms with Gasteiger partial charge in [0.1, 0.15) is 0 Å². The molecule has 13 heavy (non-hydrogen) atoms. The molecule has 0 amide bonds. The lowest BCUT2D eigenvalue weighted by Gasteiger charge is -2.02. The van der Waals surface area contributed by atoms with Crippen molar-refractivity contribution in [3.8, 4) is 0 Å². The zero-order chi connectivity index (χ0) is 9.94. The summed E-state index contributed by atoms with van der Waals surface area (Å²) in [7, 11) is 0. The van der Waals surface area contributed by atoms with Crippen molar-refractivity contribution in [2.24, 2.45) is 0 Å². The smallest absolute Gasteiger partial charge is 0.330 e. The highest BCUT2D eigenvalue weighted by Crippen LogP contribution is 1.96. The molecule has 0 heterocycles. The second-order valence-electron chi connectivity index (χ2n) is 2.63. The Bertz CT molecular complexity index is 143. The highest BCUT2D eigenvalue weighted by atomic mass is 16.5. The molecular formula is C10H18O3. The number of rotatable bonds is 8. The molecule has 0 aliphatic heterocycles. The Morgan fingerprint density at radius 2 is 2.00 bits per heavy atom. The van der Waals surface area contributed by atoms with Gasteiger partial charge in [-0.3, -0.25) is 0 Å². The van der Waals surface area contributed by atoms with E-state index < -0.39 is 0 Å². The standard InChI is InChI=1S/C10H18O3/c1-3-10(11)13-9-7-5-6-8-12-4-2/h3H,1,4-9H2,2H3. The van der Waals surface area contributed by atoms with Crippen LogP contribution in [0.15, 0.2) is 12.7 Å². The molecule has 0 saturated heterocycles. The average Bonchev–Trinajstić information content (AvgIpc) is 2.16. The van der Waals surface area contributed by atoms with E-state index in [4.69, 9.17) is 9.47 Å². The van der Waals surface area contributed by atoms with E-state index >= 15 is 0 Å². The first-order valence-corrected chi connectivity index (χ1v) is 4.68. The van der Waals surface area contributed by atoms with Gasteiger partial charge in [-0.2, -0.15) is 0 Å². The molecule has 0 bridgehead atoms. The van der Waals surface area contributed by atoms with Gasteiger partial charge >= 0.3 is 5.97 Å². The van der Waals surface area contributed by atoms with Crippen molar-refractivity contribution in [1.29, 1.82) is 0 Å². The van der Waals surface area contributed by atoms with Crippen LogP contribution < -0.4 is 0 Å². The quantitative estimate of drug-likeness (QED) is 0.330. The predicted octanol–water partition coefficient (Wildman–Crippen LogP) is 1.92. The normalized spacial score (nSPS) is 9.62. The first-order chi connectivity index (χ1) is 6.31. The summed E-state index contributed by atoms with van der Waals surface area (Å²) in [5.41, 5.74) is 0. The molecule has 0 unspecified atom stereocenters. The molecule has 0 radical (unpaired) electrons. The summed E-state index contributed by atoms with van der Waals surface area (Å²) in [5.74, 6) is -0.343. The fourth-order valence-corrected chi connectivity index (χ4v) is 0.859. The molecule has 3 heteroatoms. The van der Waals surface area contributed by atoms with Gasteiger partial charge in [0.25, 0.3) is 0 Å². The molecule has 0 aromatic rings. The molecule has 0 aliphatic rings. The van der Waals surface area contributed by atoms with Gasteiger partial charge in [-0.05, 0) is 26.2 Å². The van der Waals surface area contributed by atoms with Crippen LogP contribution in [0.4, 0.5) is 0 Å². The fraction of sp³-hybridized carbons (Fsp3) is 0.700. The van der Waals surface area contributed by atoms with E-state index in [1.54, 1.807) is 0 Å². The Morgan fingerprint density at radius 3 is 2.62 bits per heavy atom. The summed E-state index contributed by atoms with van der Waals surface area (Å²) < 4.78 is 9.96. The molecule has 0 atom stereocenters. The van der Waals surface area contributed by atoms with Crippen LogP contribution in [-0.2, 0) is 14.3 Å². The molecule has 0 aromatic carbocycles. The first kappa shape index (κ1) is 12.2. The summed E-state index contributed by atoms with van der Waals surface area (Å²) in [6, 6.07) is 0. The van der Waals surface area contributed by atoms with E-state index in [1.165, 1.54) is 6.08 Å². The second-order valence-corrected chi connectivity index (χ2v) is 2.63. The molecule has 76 valence electrons. The fourth-order valence-electron chi connectivity index (χ4n) is 0.859. The molecule has 0 saturated carbocycles. The van der Waals surface area contributed by atoms with Crippen LogP contribution in [0, 0.1) is 0 Å². The van der Waals surface area contributed by atoms with Crippen LogP contribution >= 0.6 is 0 Å². The summed E-state index contributed by atoms with van der Waals surface area (Å²) in [4.78, 5) is 10.6. The highest BCUT2D eigenvalue weighted by Gasteiger charge is 1.94. The Labute approximate surface area is 79.7 Å². The molecule has 0 spiro atoms. The van der Waals surface area contributed by atoms with Crippen LogP contribution in [0.2, 0.25) is 0 Å². The van der Waals surface area contributed by atoms with Gasteiger partial charge in [0, 0.05) is 19.3 Å². The molecule has 0 aliphatic carbocycles. The summed E-state index contributed by atoms with van der Waals surface area (Å²) >= 11 is 0. The molecule has 0 N–H and O–H groups in total. The van der Waals surface area contributed by atoms with Gasteiger partial charge in [-0.1, -0.05) is 6.58 Å². The Hall–Kier alpha value is -0.830. The van der Waals surface area contributed by atoms with Crippen molar-refractivity contribution in [2.45, 2.75) is 26.2 Å². The van der Waals surface area contributed by atoms with Crippen molar-refractivity contribution in [1.82, 2.24) is 0 Å². The minimum Gasteiger partial charge on any atom is -0.463 e. The van der Waals surface area contributed by atoms with Gasteiger partial charge in [0.2, 0.25) is 0 Å². The van der Waals surface area contributed by atoms with E-state index in [9.17, 15) is 4.79 Å². The Morgan fingerprint density at radius 1 is 1.31 bits per heavy atom. The number of carbonyl (C=O) groups excluding carboxylic acids is 1. The molecule has 3 nitrogen and oxygen atoms in total. The average molecular weight is 186 g/mol. The molecular weight excluding hydrogens is 168 g/mol. The van der Waals surface area contributed by atoms with Gasteiger partial charge < -0.3 is 9.47 Å². The van der Waals surface area contributed by atoms with Crippen molar-refractivity contribution >= 4 is 5.97 Å². The van der Waals surface area contributed by atoms with Gasteiger partial charge in [0.05, 0.1) is 6.61 Å². The van der Waals surface area contributed by atoms with E-state index in [2.05, 4.69) is 6.58 Å². The maximum Gasteiger partial charge on any atom is 0.330 e. The number of unbranched alkanes of at least 4 members (excludes halogenated alkanes) is 2. The SMILES string of the molecule is C=CC(=O)OCCCCCOCC. The topological polar surface area (TPSA) is 35.5 Å². The van der Waals surface area contributed by atoms with E-state index in [0.29, 0.717) is 6.61 Å². The van der Waals surface area contributed by atoms with Crippen molar-refractivity contribution < 1.29 is 14.3 Å². The summed E-state index contributed by atoms with van der Waals surface area (Å²) in [5, 5.41) is 0. The van der Waals surface area contributed by atoms with Crippen molar-refractivity contribution in [3.05, 3.63) is 12.7 Å². The minimum atomic E-state index is -0.343. The van der Waals surface area contributed by atoms with Crippen LogP contribution in [0.25, 0.3) is 0 Å². The maximum atomic E-state index is 10.6. The van der Waals surface area contributed by atoms with Crippen LogP contribution in [-0.4, -0.2) is 25.8 Å². The number of hydrogen-bond acceptors (Lipinski definition) is 3. The van der Waals surface area contributed by atoms with E-state index in [0.717, 1.165) is 32.5 Å². The number of carbonyl (C=O) groups is 1. The molecule has 0 fully saturated rings. The minimum absolute atomic E-state index is 0.343. The van der Waals surface area contributed by atoms with Gasteiger partial charge in [-0.25, -0.2) is 4.79 Å². The lowest BCUT2D eigenvalue weighted by molar-refractivity contribution is -0.137. The third-order valence-electron chi connectivity index (χ3n) is 1.55. The van der Waals surface area contributed by atoms with E-state index in [1.807, 2.05) is 6.92 Å². The van der Waals surface area contributed by atoms with Gasteiger partial charge in [0.15, 0.2) is 0 Å². The highest BCUT2D eigenvalue weighted by molar-refractivity contribution is 5.81. The Balaban J connectivity index is 2.99. The lowest BCUT2D eigenvalue weighted by Crippen LogP contribution is -2.02. The van der Waals surface area contributed by atoms with Crippen LogP contribution in [0.1, 0.15) is 26.2 Å². The summed E-state index contributed by atoms with van der Waals surface area (Å²) in [6.07, 6.45) is 4.14. The summed E-state index contributed by atoms with van der Waals surface area (Å²) in [6.45, 7) is 7.33. The largest absolute Gasteiger partial charge is 0.463 e. The lowest BCUT2D eigenvalue weighted by atomic mass is 10.2. The van der Waals surface area contributed by atoms with E-state index in [-0.39, 0.29) is 5.97 Å². The maximum absolute atomic E-state index is 10.6. The number of ether oxygens (including phenoxy) is 2. The zero-order valence-corrected chi connectivity index (χ0v) is 8.25. The monoisotopic (exact) mass is 186 g/mol. The third-order valence-corrected chi connectivity index (χ3v) is 1.55. The van der Waals surface area contributed by atoms with Crippen molar-refractivity contribution in [2.75, 3.05) is 19.8 Å².